The van der Waals surface area contributed by atoms with Gasteiger partial charge in [-0.05, 0) is 30.7 Å². The molecule has 9 heteroatoms. The van der Waals surface area contributed by atoms with E-state index >= 15 is 0 Å². The van der Waals surface area contributed by atoms with Gasteiger partial charge in [0, 0.05) is 56.5 Å². The number of nitrogens with zero attached hydrogens (tertiary/aromatic N) is 5. The second-order valence-electron chi connectivity index (χ2n) is 8.12. The van der Waals surface area contributed by atoms with E-state index in [0.29, 0.717) is 37.2 Å². The molecule has 0 aromatic carbocycles. The highest BCUT2D eigenvalue weighted by molar-refractivity contribution is 5.80. The lowest BCUT2D eigenvalue weighted by atomic mass is 10.1. The highest BCUT2D eigenvalue weighted by Crippen LogP contribution is 2.34. The van der Waals surface area contributed by atoms with Gasteiger partial charge in [-0.3, -0.25) is 4.79 Å². The van der Waals surface area contributed by atoms with Crippen LogP contribution in [0.15, 0.2) is 42.9 Å². The van der Waals surface area contributed by atoms with E-state index in [1.54, 1.807) is 6.20 Å². The number of carbonyl (C=O) groups excluding carboxylic acids is 1. The first-order valence-corrected chi connectivity index (χ1v) is 10.9. The molecule has 0 amide bonds. The zero-order chi connectivity index (χ0) is 21.9. The molecule has 2 fully saturated rings. The fourth-order valence-electron chi connectivity index (χ4n) is 3.95. The van der Waals surface area contributed by atoms with Crippen LogP contribution < -0.4 is 15.4 Å². The predicted octanol–water partition coefficient (Wildman–Crippen LogP) is 2.12. The third kappa shape index (κ3) is 4.35. The van der Waals surface area contributed by atoms with Gasteiger partial charge in [-0.1, -0.05) is 0 Å². The molecule has 9 nitrogen and oxygen atoms in total. The molecule has 3 aromatic heterocycles. The Morgan fingerprint density at radius 1 is 1.12 bits per heavy atom. The van der Waals surface area contributed by atoms with E-state index in [4.69, 9.17) is 20.3 Å². The van der Waals surface area contributed by atoms with Crippen LogP contribution in [0.25, 0.3) is 16.9 Å². The van der Waals surface area contributed by atoms with E-state index in [-0.39, 0.29) is 0 Å². The number of nitrogens with two attached hydrogens (primary N) is 1. The molecule has 3 aliphatic rings. The number of fused-ring (bicyclic) bond motifs is 3. The highest BCUT2D eigenvalue weighted by atomic mass is 16.5. The van der Waals surface area contributed by atoms with Gasteiger partial charge in [0.25, 0.3) is 0 Å². The maximum Gasteiger partial charge on any atom is 0.223 e. The van der Waals surface area contributed by atoms with E-state index in [9.17, 15) is 4.79 Å². The minimum absolute atomic E-state index is 0.324. The minimum Gasteiger partial charge on any atom is -0.472 e. The maximum absolute atomic E-state index is 11.4. The summed E-state index contributed by atoms with van der Waals surface area (Å²) in [6.07, 6.45) is 7.75. The molecule has 0 aliphatic carbocycles. The number of rotatable bonds is 2. The minimum atomic E-state index is 0.324. The van der Waals surface area contributed by atoms with Crippen LogP contribution >= 0.6 is 0 Å². The Morgan fingerprint density at radius 2 is 2.00 bits per heavy atom. The second kappa shape index (κ2) is 9.05. The Labute approximate surface area is 186 Å². The number of ketones is 1. The lowest BCUT2D eigenvalue weighted by Crippen LogP contribution is -2.34. The Hall–Kier alpha value is -3.30. The molecule has 0 bridgehead atoms. The van der Waals surface area contributed by atoms with Crippen molar-refractivity contribution in [1.29, 1.82) is 0 Å². The van der Waals surface area contributed by atoms with Gasteiger partial charge < -0.3 is 20.1 Å². The Bertz CT molecular complexity index is 1080. The van der Waals surface area contributed by atoms with Crippen LogP contribution in [0.2, 0.25) is 0 Å². The molecule has 6 heterocycles. The quantitative estimate of drug-likeness (QED) is 0.653. The highest BCUT2D eigenvalue weighted by Gasteiger charge is 2.22. The lowest BCUT2D eigenvalue weighted by Gasteiger charge is -2.27. The first-order chi connectivity index (χ1) is 15.7. The monoisotopic (exact) mass is 434 g/mol. The number of ether oxygens (including phenoxy) is 2. The standard InChI is InChI=1S/C19H17N5O2.C4H9NO/c25-15-5-8-23(9-6-15)17-4-3-14(10-21-17)24-11-13-12-26-19-16(18(13)22-24)2-1-7-20-19;5-4-1-2-6-3-4/h1-4,7,10-11H,5-6,8-9,12H2;4H,1-3,5H2. The first kappa shape index (κ1) is 20.6. The molecule has 32 heavy (non-hydrogen) atoms. The fraction of sp³-hybridized carbons (Fsp3) is 0.391. The summed E-state index contributed by atoms with van der Waals surface area (Å²) >= 11 is 0. The number of piperidine rings is 1. The van der Waals surface area contributed by atoms with Crippen molar-refractivity contribution in [2.75, 3.05) is 31.2 Å². The van der Waals surface area contributed by atoms with Gasteiger partial charge in [0.15, 0.2) is 0 Å². The van der Waals surface area contributed by atoms with E-state index in [1.807, 2.05) is 41.3 Å². The molecule has 0 radical (unpaired) electrons. The number of hydrogen-bond donors (Lipinski definition) is 1. The first-order valence-electron chi connectivity index (χ1n) is 10.9. The van der Waals surface area contributed by atoms with Gasteiger partial charge in [-0.15, -0.1) is 0 Å². The molecule has 2 saturated heterocycles. The Morgan fingerprint density at radius 3 is 2.69 bits per heavy atom. The third-order valence-electron chi connectivity index (χ3n) is 5.79. The van der Waals surface area contributed by atoms with Crippen molar-refractivity contribution < 1.29 is 14.3 Å². The Balaban J connectivity index is 0.000000314. The van der Waals surface area contributed by atoms with E-state index in [2.05, 4.69) is 14.9 Å². The largest absolute Gasteiger partial charge is 0.472 e. The Kier molecular flexibility index (Phi) is 5.83. The van der Waals surface area contributed by atoms with Crippen molar-refractivity contribution in [2.45, 2.75) is 31.9 Å². The van der Waals surface area contributed by atoms with Crippen LogP contribution in [0.5, 0.6) is 5.88 Å². The van der Waals surface area contributed by atoms with Gasteiger partial charge in [0.05, 0.1) is 24.1 Å². The molecule has 0 spiro atoms. The summed E-state index contributed by atoms with van der Waals surface area (Å²) in [7, 11) is 0. The number of hydrogen-bond acceptors (Lipinski definition) is 8. The molecule has 6 rings (SSSR count). The van der Waals surface area contributed by atoms with E-state index in [1.165, 1.54) is 0 Å². The molecular weight excluding hydrogens is 408 g/mol. The summed E-state index contributed by atoms with van der Waals surface area (Å²) < 4.78 is 12.4. The lowest BCUT2D eigenvalue weighted by molar-refractivity contribution is -0.119. The molecule has 0 saturated carbocycles. The van der Waals surface area contributed by atoms with E-state index in [0.717, 1.165) is 61.1 Å². The van der Waals surface area contributed by atoms with Gasteiger partial charge in [-0.25, -0.2) is 14.6 Å². The van der Waals surface area contributed by atoms with Crippen LogP contribution in [0.1, 0.15) is 24.8 Å². The van der Waals surface area contributed by atoms with Crippen LogP contribution in [0, 0.1) is 0 Å². The molecule has 166 valence electrons. The van der Waals surface area contributed by atoms with Crippen LogP contribution in [-0.4, -0.2) is 57.9 Å². The number of Topliss-reactive ketones (excluding diaryl/α,β-unsaturated/α-hetero) is 1. The normalized spacial score (nSPS) is 19.5. The van der Waals surface area contributed by atoms with Crippen molar-refractivity contribution in [2.24, 2.45) is 5.73 Å². The summed E-state index contributed by atoms with van der Waals surface area (Å²) in [5, 5.41) is 4.71. The van der Waals surface area contributed by atoms with Gasteiger partial charge >= 0.3 is 0 Å². The van der Waals surface area contributed by atoms with E-state index < -0.39 is 0 Å². The maximum atomic E-state index is 11.4. The van der Waals surface area contributed by atoms with Crippen LogP contribution in [0.4, 0.5) is 5.82 Å². The van der Waals surface area contributed by atoms with Gasteiger partial charge in [0.2, 0.25) is 5.88 Å². The van der Waals surface area contributed by atoms with Crippen molar-refractivity contribution in [3.8, 4) is 22.8 Å². The number of anilines is 1. The fourth-order valence-corrected chi connectivity index (χ4v) is 3.95. The molecule has 1 atom stereocenters. The van der Waals surface area contributed by atoms with Gasteiger partial charge in [0.1, 0.15) is 23.9 Å². The van der Waals surface area contributed by atoms with Crippen molar-refractivity contribution in [1.82, 2.24) is 19.7 Å². The average Bonchev–Trinajstić information content (AvgIpc) is 3.49. The summed E-state index contributed by atoms with van der Waals surface area (Å²) in [6, 6.07) is 8.16. The van der Waals surface area contributed by atoms with Crippen molar-refractivity contribution in [3.63, 3.8) is 0 Å². The zero-order valence-electron chi connectivity index (χ0n) is 17.8. The topological polar surface area (TPSA) is 108 Å². The van der Waals surface area contributed by atoms with Crippen LogP contribution in [0.3, 0.4) is 0 Å². The SMILES string of the molecule is NC1CCOC1.O=C1CCN(c2ccc(-n3cc4c(n3)-c3cccnc3OC4)cn2)CC1. The molecule has 3 aromatic rings. The number of aromatic nitrogens is 4. The average molecular weight is 435 g/mol. The predicted molar refractivity (Wildman–Crippen MR) is 119 cm³/mol. The molecular formula is C23H26N6O3. The zero-order valence-corrected chi connectivity index (χ0v) is 17.8. The molecule has 2 N–H and O–H groups in total. The van der Waals surface area contributed by atoms with Crippen molar-refractivity contribution >= 4 is 11.6 Å². The number of pyridine rings is 2. The molecule has 3 aliphatic heterocycles. The second-order valence-corrected chi connectivity index (χ2v) is 8.12. The van der Waals surface area contributed by atoms with Crippen LogP contribution in [-0.2, 0) is 16.1 Å². The summed E-state index contributed by atoms with van der Waals surface area (Å²) in [5.41, 5.74) is 9.14. The summed E-state index contributed by atoms with van der Waals surface area (Å²) in [4.78, 5) is 22.4. The third-order valence-corrected chi connectivity index (χ3v) is 5.79. The number of carbonyl (C=O) groups is 1. The van der Waals surface area contributed by atoms with Crippen molar-refractivity contribution in [3.05, 3.63) is 48.4 Å². The summed E-state index contributed by atoms with van der Waals surface area (Å²) in [5.74, 6) is 1.85. The molecule has 1 unspecified atom stereocenters. The van der Waals surface area contributed by atoms with Gasteiger partial charge in [-0.2, -0.15) is 5.10 Å². The summed E-state index contributed by atoms with van der Waals surface area (Å²) in [6.45, 7) is 3.57. The smallest absolute Gasteiger partial charge is 0.223 e.